The summed E-state index contributed by atoms with van der Waals surface area (Å²) in [4.78, 5) is 47.3. The fourth-order valence-corrected chi connectivity index (χ4v) is 2.51. The zero-order valence-corrected chi connectivity index (χ0v) is 17.1. The van der Waals surface area contributed by atoms with Gasteiger partial charge in [-0.1, -0.05) is 23.2 Å². The minimum absolute atomic E-state index is 0.0897. The number of carbonyl (C=O) groups is 4. The third-order valence-electron chi connectivity index (χ3n) is 3.81. The van der Waals surface area contributed by atoms with Crippen LogP contribution >= 0.6 is 23.2 Å². The zero-order valence-electron chi connectivity index (χ0n) is 15.6. The summed E-state index contributed by atoms with van der Waals surface area (Å²) in [5.41, 5.74) is 1.20. The standard InChI is InChI=1S/C20H18Cl2N2O5/c1-11(25)13-3-6-15(7-4-13)24-19(27)12(2)29-18(26)10-23-20(28)14-5-8-16(21)17(22)9-14/h3-9,12H,10H2,1-2H3,(H,23,28)(H,24,27). The summed E-state index contributed by atoms with van der Waals surface area (Å²) in [5, 5.41) is 5.47. The number of anilines is 1. The fourth-order valence-electron chi connectivity index (χ4n) is 2.22. The van der Waals surface area contributed by atoms with Crippen LogP contribution in [0.2, 0.25) is 10.0 Å². The molecule has 0 bridgehead atoms. The fraction of sp³-hybridized carbons (Fsp3) is 0.200. The molecule has 0 saturated heterocycles. The average molecular weight is 437 g/mol. The maximum atomic E-state index is 12.1. The molecule has 152 valence electrons. The van der Waals surface area contributed by atoms with Gasteiger partial charge in [-0.2, -0.15) is 0 Å². The van der Waals surface area contributed by atoms with Crippen molar-refractivity contribution in [2.45, 2.75) is 20.0 Å². The Balaban J connectivity index is 1.82. The van der Waals surface area contributed by atoms with E-state index in [0.29, 0.717) is 16.3 Å². The topological polar surface area (TPSA) is 102 Å². The van der Waals surface area contributed by atoms with E-state index in [1.807, 2.05) is 0 Å². The molecule has 1 atom stereocenters. The number of hydrogen-bond acceptors (Lipinski definition) is 5. The molecule has 0 radical (unpaired) electrons. The van der Waals surface area contributed by atoms with Gasteiger partial charge in [0, 0.05) is 16.8 Å². The van der Waals surface area contributed by atoms with Gasteiger partial charge in [-0.15, -0.1) is 0 Å². The lowest BCUT2D eigenvalue weighted by Gasteiger charge is -2.14. The molecule has 2 aromatic carbocycles. The monoisotopic (exact) mass is 436 g/mol. The Bertz CT molecular complexity index is 944. The molecule has 0 aliphatic carbocycles. The second-order valence-electron chi connectivity index (χ2n) is 6.07. The number of halogens is 2. The Labute approximate surface area is 177 Å². The van der Waals surface area contributed by atoms with Gasteiger partial charge in [0.2, 0.25) is 0 Å². The number of hydrogen-bond donors (Lipinski definition) is 2. The van der Waals surface area contributed by atoms with Gasteiger partial charge < -0.3 is 15.4 Å². The molecule has 0 aliphatic heterocycles. The second kappa shape index (κ2) is 10.0. The van der Waals surface area contributed by atoms with Gasteiger partial charge in [-0.3, -0.25) is 19.2 Å². The Morgan fingerprint density at radius 3 is 2.17 bits per heavy atom. The number of ketones is 1. The summed E-state index contributed by atoms with van der Waals surface area (Å²) in [7, 11) is 0. The van der Waals surface area contributed by atoms with Crippen LogP contribution in [0.25, 0.3) is 0 Å². The SMILES string of the molecule is CC(=O)c1ccc(NC(=O)C(C)OC(=O)CNC(=O)c2ccc(Cl)c(Cl)c2)cc1. The smallest absolute Gasteiger partial charge is 0.326 e. The molecule has 0 heterocycles. The van der Waals surface area contributed by atoms with Crippen molar-refractivity contribution < 1.29 is 23.9 Å². The largest absolute Gasteiger partial charge is 0.451 e. The molecule has 0 saturated carbocycles. The van der Waals surface area contributed by atoms with E-state index in [4.69, 9.17) is 27.9 Å². The lowest BCUT2D eigenvalue weighted by molar-refractivity contribution is -0.152. The average Bonchev–Trinajstić information content (AvgIpc) is 2.68. The van der Waals surface area contributed by atoms with E-state index in [1.165, 1.54) is 32.0 Å². The first-order valence-corrected chi connectivity index (χ1v) is 9.27. The normalized spacial score (nSPS) is 11.3. The Morgan fingerprint density at radius 2 is 1.59 bits per heavy atom. The minimum atomic E-state index is -1.09. The van der Waals surface area contributed by atoms with Crippen LogP contribution in [0.15, 0.2) is 42.5 Å². The van der Waals surface area contributed by atoms with Crippen molar-refractivity contribution in [3.8, 4) is 0 Å². The Kier molecular flexibility index (Phi) is 7.75. The van der Waals surface area contributed by atoms with Crippen LogP contribution in [0.1, 0.15) is 34.6 Å². The highest BCUT2D eigenvalue weighted by molar-refractivity contribution is 6.42. The van der Waals surface area contributed by atoms with E-state index in [2.05, 4.69) is 10.6 Å². The molecule has 7 nitrogen and oxygen atoms in total. The van der Waals surface area contributed by atoms with E-state index in [-0.39, 0.29) is 16.4 Å². The highest BCUT2D eigenvalue weighted by Crippen LogP contribution is 2.22. The Morgan fingerprint density at radius 1 is 0.966 bits per heavy atom. The van der Waals surface area contributed by atoms with Crippen LogP contribution < -0.4 is 10.6 Å². The van der Waals surface area contributed by atoms with E-state index in [1.54, 1.807) is 24.3 Å². The maximum absolute atomic E-state index is 12.1. The van der Waals surface area contributed by atoms with E-state index in [9.17, 15) is 19.2 Å². The van der Waals surface area contributed by atoms with E-state index < -0.39 is 30.4 Å². The van der Waals surface area contributed by atoms with Crippen molar-refractivity contribution in [2.24, 2.45) is 0 Å². The van der Waals surface area contributed by atoms with Gasteiger partial charge in [0.05, 0.1) is 10.0 Å². The Hall–Kier alpha value is -2.90. The number of benzene rings is 2. The first-order chi connectivity index (χ1) is 13.7. The summed E-state index contributed by atoms with van der Waals surface area (Å²) in [5.74, 6) is -1.96. The van der Waals surface area contributed by atoms with Gasteiger partial charge in [-0.25, -0.2) is 0 Å². The van der Waals surface area contributed by atoms with Crippen LogP contribution in [0.3, 0.4) is 0 Å². The predicted octanol–water partition coefficient (Wildman–Crippen LogP) is 3.50. The number of rotatable bonds is 7. The number of carbonyl (C=O) groups excluding carboxylic acids is 4. The molecule has 9 heteroatoms. The second-order valence-corrected chi connectivity index (χ2v) is 6.88. The minimum Gasteiger partial charge on any atom is -0.451 e. The van der Waals surface area contributed by atoms with Gasteiger partial charge in [0.25, 0.3) is 11.8 Å². The summed E-state index contributed by atoms with van der Waals surface area (Å²) in [6.07, 6.45) is -1.09. The molecule has 0 fully saturated rings. The molecule has 1 unspecified atom stereocenters. The lowest BCUT2D eigenvalue weighted by Crippen LogP contribution is -2.35. The van der Waals surface area contributed by atoms with Crippen molar-refractivity contribution in [1.29, 1.82) is 0 Å². The van der Waals surface area contributed by atoms with E-state index in [0.717, 1.165) is 0 Å². The summed E-state index contributed by atoms with van der Waals surface area (Å²) < 4.78 is 5.01. The summed E-state index contributed by atoms with van der Waals surface area (Å²) >= 11 is 11.6. The number of nitrogens with one attached hydrogen (secondary N) is 2. The lowest BCUT2D eigenvalue weighted by atomic mass is 10.1. The van der Waals surface area contributed by atoms with Crippen LogP contribution in [-0.4, -0.2) is 36.2 Å². The zero-order chi connectivity index (χ0) is 21.6. The predicted molar refractivity (Wildman–Crippen MR) is 109 cm³/mol. The number of amides is 2. The maximum Gasteiger partial charge on any atom is 0.326 e. The molecule has 2 amide bonds. The van der Waals surface area contributed by atoms with Crippen LogP contribution in [0.4, 0.5) is 5.69 Å². The first-order valence-electron chi connectivity index (χ1n) is 8.52. The van der Waals surface area contributed by atoms with Crippen LogP contribution in [0, 0.1) is 0 Å². The van der Waals surface area contributed by atoms with Gasteiger partial charge in [-0.05, 0) is 56.3 Å². The molecule has 0 aliphatic rings. The van der Waals surface area contributed by atoms with Crippen molar-refractivity contribution in [3.63, 3.8) is 0 Å². The molecular formula is C20H18Cl2N2O5. The molecule has 2 rings (SSSR count). The molecular weight excluding hydrogens is 419 g/mol. The third-order valence-corrected chi connectivity index (χ3v) is 4.55. The highest BCUT2D eigenvalue weighted by Gasteiger charge is 2.19. The van der Waals surface area contributed by atoms with Gasteiger partial charge >= 0.3 is 5.97 Å². The van der Waals surface area contributed by atoms with Crippen molar-refractivity contribution in [3.05, 3.63) is 63.6 Å². The quantitative estimate of drug-likeness (QED) is 0.510. The van der Waals surface area contributed by atoms with Crippen LogP contribution in [0.5, 0.6) is 0 Å². The van der Waals surface area contributed by atoms with Crippen LogP contribution in [-0.2, 0) is 14.3 Å². The van der Waals surface area contributed by atoms with Crippen molar-refractivity contribution >= 4 is 52.5 Å². The summed E-state index contributed by atoms with van der Waals surface area (Å²) in [6.45, 7) is 2.41. The molecule has 2 N–H and O–H groups in total. The molecule has 0 spiro atoms. The number of Topliss-reactive ketones (excluding diaryl/α,β-unsaturated/α-hetero) is 1. The van der Waals surface area contributed by atoms with Crippen molar-refractivity contribution in [1.82, 2.24) is 5.32 Å². The van der Waals surface area contributed by atoms with Gasteiger partial charge in [0.1, 0.15) is 6.54 Å². The molecule has 2 aromatic rings. The summed E-state index contributed by atoms with van der Waals surface area (Å²) in [6, 6.07) is 10.6. The van der Waals surface area contributed by atoms with Gasteiger partial charge in [0.15, 0.2) is 11.9 Å². The van der Waals surface area contributed by atoms with Crippen molar-refractivity contribution in [2.75, 3.05) is 11.9 Å². The van der Waals surface area contributed by atoms with E-state index >= 15 is 0 Å². The number of ether oxygens (including phenoxy) is 1. The first kappa shape index (κ1) is 22.4. The third kappa shape index (κ3) is 6.58. The molecule has 0 aromatic heterocycles. The highest BCUT2D eigenvalue weighted by atomic mass is 35.5. The molecule has 29 heavy (non-hydrogen) atoms. The number of esters is 1.